The Kier molecular flexibility index (Phi) is 3.80. The first-order valence-electron chi connectivity index (χ1n) is 6.97. The summed E-state index contributed by atoms with van der Waals surface area (Å²) in [6, 6.07) is 8.32. The van der Waals surface area contributed by atoms with Gasteiger partial charge in [-0.15, -0.1) is 11.8 Å². The lowest BCUT2D eigenvalue weighted by Gasteiger charge is -2.34. The molecule has 0 bridgehead atoms. The van der Waals surface area contributed by atoms with Gasteiger partial charge in [0.1, 0.15) is 12.4 Å². The third-order valence-corrected chi connectivity index (χ3v) is 5.64. The minimum absolute atomic E-state index is 0.127. The third-order valence-electron chi connectivity index (χ3n) is 4.00. The van der Waals surface area contributed by atoms with Crippen LogP contribution in [0, 0.1) is 0 Å². The van der Waals surface area contributed by atoms with Crippen LogP contribution in [0.4, 0.5) is 0 Å². The standard InChI is InChI=1S/C15H21NOS/c16-15-12-8-4-5-9-13(12)17-10-14(15)18-11-6-2-1-3-7-11/h4-5,8-9,11,14-15H,1-3,6-7,10,16H2. The predicted molar refractivity (Wildman–Crippen MR) is 77.1 cm³/mol. The highest BCUT2D eigenvalue weighted by Gasteiger charge is 2.30. The molecule has 98 valence electrons. The van der Waals surface area contributed by atoms with Crippen LogP contribution in [0.1, 0.15) is 43.7 Å². The molecule has 2 N–H and O–H groups in total. The van der Waals surface area contributed by atoms with Crippen LogP contribution in [0.15, 0.2) is 24.3 Å². The lowest BCUT2D eigenvalue weighted by molar-refractivity contribution is 0.275. The van der Waals surface area contributed by atoms with Crippen LogP contribution in [0.3, 0.4) is 0 Å². The van der Waals surface area contributed by atoms with Crippen LogP contribution < -0.4 is 10.5 Å². The largest absolute Gasteiger partial charge is 0.492 e. The van der Waals surface area contributed by atoms with E-state index in [0.29, 0.717) is 5.25 Å². The Morgan fingerprint density at radius 2 is 1.89 bits per heavy atom. The summed E-state index contributed by atoms with van der Waals surface area (Å²) < 4.78 is 5.85. The molecule has 3 heteroatoms. The summed E-state index contributed by atoms with van der Waals surface area (Å²) >= 11 is 2.06. The van der Waals surface area contributed by atoms with Gasteiger partial charge in [0, 0.05) is 16.9 Å². The molecule has 18 heavy (non-hydrogen) atoms. The molecule has 2 unspecified atom stereocenters. The van der Waals surface area contributed by atoms with E-state index in [-0.39, 0.29) is 6.04 Å². The topological polar surface area (TPSA) is 35.2 Å². The van der Waals surface area contributed by atoms with Gasteiger partial charge >= 0.3 is 0 Å². The molecule has 2 aliphatic rings. The average molecular weight is 263 g/mol. The van der Waals surface area contributed by atoms with Crippen LogP contribution in [-0.4, -0.2) is 17.1 Å². The molecule has 1 aromatic rings. The first-order valence-corrected chi connectivity index (χ1v) is 7.91. The summed E-state index contributed by atoms with van der Waals surface area (Å²) in [5.74, 6) is 0.977. The predicted octanol–water partition coefficient (Wildman–Crippen LogP) is 3.51. The van der Waals surface area contributed by atoms with Gasteiger partial charge in [0.25, 0.3) is 0 Å². The van der Waals surface area contributed by atoms with Crippen molar-refractivity contribution in [2.75, 3.05) is 6.61 Å². The monoisotopic (exact) mass is 263 g/mol. The number of ether oxygens (including phenoxy) is 1. The molecule has 1 fully saturated rings. The van der Waals surface area contributed by atoms with Gasteiger partial charge in [0.2, 0.25) is 0 Å². The van der Waals surface area contributed by atoms with Crippen LogP contribution >= 0.6 is 11.8 Å². The fourth-order valence-corrected chi connectivity index (χ4v) is 4.50. The van der Waals surface area contributed by atoms with E-state index in [9.17, 15) is 0 Å². The van der Waals surface area contributed by atoms with Gasteiger partial charge < -0.3 is 10.5 Å². The van der Waals surface area contributed by atoms with E-state index < -0.39 is 0 Å². The average Bonchev–Trinajstić information content (AvgIpc) is 2.43. The third kappa shape index (κ3) is 2.52. The first kappa shape index (κ1) is 12.4. The van der Waals surface area contributed by atoms with Gasteiger partial charge in [-0.1, -0.05) is 37.5 Å². The Morgan fingerprint density at radius 3 is 2.72 bits per heavy atom. The lowest BCUT2D eigenvalue weighted by atomic mass is 10.0. The smallest absolute Gasteiger partial charge is 0.124 e. The highest BCUT2D eigenvalue weighted by atomic mass is 32.2. The zero-order valence-corrected chi connectivity index (χ0v) is 11.5. The second-order valence-corrected chi connectivity index (χ2v) is 6.85. The Balaban J connectivity index is 1.68. The SMILES string of the molecule is NC1c2ccccc2OCC1SC1CCCCC1. The molecule has 0 aromatic heterocycles. The molecular formula is C15H21NOS. The van der Waals surface area contributed by atoms with Crippen molar-refractivity contribution in [1.29, 1.82) is 0 Å². The van der Waals surface area contributed by atoms with Gasteiger partial charge in [0.05, 0.1) is 5.25 Å². The van der Waals surface area contributed by atoms with E-state index in [1.807, 2.05) is 12.1 Å². The molecule has 1 heterocycles. The summed E-state index contributed by atoms with van der Waals surface area (Å²) in [5, 5.41) is 1.21. The van der Waals surface area contributed by atoms with Crippen molar-refractivity contribution in [1.82, 2.24) is 0 Å². The number of rotatable bonds is 2. The van der Waals surface area contributed by atoms with Crippen LogP contribution in [0.25, 0.3) is 0 Å². The minimum atomic E-state index is 0.127. The quantitative estimate of drug-likeness (QED) is 0.886. The zero-order valence-electron chi connectivity index (χ0n) is 10.7. The minimum Gasteiger partial charge on any atom is -0.492 e. The number of hydrogen-bond donors (Lipinski definition) is 1. The number of nitrogens with two attached hydrogens (primary N) is 1. The van der Waals surface area contributed by atoms with Crippen molar-refractivity contribution in [3.63, 3.8) is 0 Å². The Morgan fingerprint density at radius 1 is 1.11 bits per heavy atom. The maximum absolute atomic E-state index is 6.41. The highest BCUT2D eigenvalue weighted by Crippen LogP contribution is 2.40. The molecule has 1 saturated carbocycles. The fraction of sp³-hybridized carbons (Fsp3) is 0.600. The van der Waals surface area contributed by atoms with Gasteiger partial charge in [-0.05, 0) is 18.9 Å². The molecule has 1 aliphatic heterocycles. The number of fused-ring (bicyclic) bond motifs is 1. The zero-order chi connectivity index (χ0) is 12.4. The van der Waals surface area contributed by atoms with Crippen molar-refractivity contribution in [2.45, 2.75) is 48.6 Å². The van der Waals surface area contributed by atoms with Gasteiger partial charge in [-0.3, -0.25) is 0 Å². The molecule has 2 atom stereocenters. The molecule has 0 spiro atoms. The Labute approximate surface area is 113 Å². The molecule has 0 radical (unpaired) electrons. The molecular weight excluding hydrogens is 242 g/mol. The van der Waals surface area contributed by atoms with Crippen molar-refractivity contribution in [3.8, 4) is 5.75 Å². The van der Waals surface area contributed by atoms with E-state index in [0.717, 1.165) is 17.6 Å². The summed E-state index contributed by atoms with van der Waals surface area (Å²) in [5.41, 5.74) is 7.58. The van der Waals surface area contributed by atoms with Crippen LogP contribution in [-0.2, 0) is 0 Å². The first-order chi connectivity index (χ1) is 8.84. The fourth-order valence-electron chi connectivity index (χ4n) is 2.94. The summed E-state index contributed by atoms with van der Waals surface area (Å²) in [7, 11) is 0. The second-order valence-electron chi connectivity index (χ2n) is 5.31. The molecule has 2 nitrogen and oxygen atoms in total. The van der Waals surface area contributed by atoms with Crippen molar-refractivity contribution < 1.29 is 4.74 Å². The number of thioether (sulfide) groups is 1. The molecule has 0 saturated heterocycles. The molecule has 0 amide bonds. The highest BCUT2D eigenvalue weighted by molar-refractivity contribution is 8.00. The summed E-state index contributed by atoms with van der Waals surface area (Å²) in [4.78, 5) is 0. The van der Waals surface area contributed by atoms with Crippen LogP contribution in [0.5, 0.6) is 5.75 Å². The Hall–Kier alpha value is -0.670. The van der Waals surface area contributed by atoms with Crippen molar-refractivity contribution >= 4 is 11.8 Å². The molecule has 1 aliphatic carbocycles. The van der Waals surface area contributed by atoms with Crippen molar-refractivity contribution in [2.24, 2.45) is 5.73 Å². The molecule has 1 aromatic carbocycles. The van der Waals surface area contributed by atoms with E-state index in [4.69, 9.17) is 10.5 Å². The summed E-state index contributed by atoms with van der Waals surface area (Å²) in [6.07, 6.45) is 6.90. The van der Waals surface area contributed by atoms with Gasteiger partial charge in [-0.2, -0.15) is 0 Å². The lowest BCUT2D eigenvalue weighted by Crippen LogP contribution is -2.35. The van der Waals surface area contributed by atoms with Gasteiger partial charge in [-0.25, -0.2) is 0 Å². The van der Waals surface area contributed by atoms with E-state index >= 15 is 0 Å². The van der Waals surface area contributed by atoms with E-state index in [1.165, 1.54) is 37.7 Å². The second kappa shape index (κ2) is 5.54. The van der Waals surface area contributed by atoms with Gasteiger partial charge in [0.15, 0.2) is 0 Å². The maximum atomic E-state index is 6.41. The number of para-hydroxylation sites is 1. The van der Waals surface area contributed by atoms with E-state index in [1.54, 1.807) is 0 Å². The maximum Gasteiger partial charge on any atom is 0.124 e. The van der Waals surface area contributed by atoms with Crippen molar-refractivity contribution in [3.05, 3.63) is 29.8 Å². The Bertz CT molecular complexity index is 403. The number of benzene rings is 1. The van der Waals surface area contributed by atoms with E-state index in [2.05, 4.69) is 23.9 Å². The number of hydrogen-bond acceptors (Lipinski definition) is 3. The summed E-state index contributed by atoms with van der Waals surface area (Å²) in [6.45, 7) is 0.763. The normalized spacial score (nSPS) is 28.5. The van der Waals surface area contributed by atoms with Crippen LogP contribution in [0.2, 0.25) is 0 Å². The molecule has 3 rings (SSSR count).